The molecule has 0 unspecified atom stereocenters. The molecule has 2 aliphatic heterocycles. The Balaban J connectivity index is 1.50. The minimum Gasteiger partial charge on any atom is -0.378 e. The van der Waals surface area contributed by atoms with Gasteiger partial charge < -0.3 is 15.0 Å². The van der Waals surface area contributed by atoms with E-state index >= 15 is 0 Å². The van der Waals surface area contributed by atoms with E-state index in [1.807, 2.05) is 43.3 Å². The second-order valence-electron chi connectivity index (χ2n) is 7.18. The third-order valence-electron chi connectivity index (χ3n) is 5.09. The number of aliphatic imine (C=N–C) groups is 1. The number of carbonyl (C=O) groups is 2. The number of hydrogen-bond donors (Lipinski definition) is 1. The maximum atomic E-state index is 13.0. The second-order valence-corrected chi connectivity index (χ2v) is 7.56. The number of rotatable bonds is 4. The molecule has 0 aromatic heterocycles. The fourth-order valence-corrected chi connectivity index (χ4v) is 3.69. The molecule has 7 nitrogen and oxygen atoms in total. The van der Waals surface area contributed by atoms with Gasteiger partial charge in [-0.15, -0.1) is 0 Å². The summed E-state index contributed by atoms with van der Waals surface area (Å²) in [5, 5.41) is 2.68. The third kappa shape index (κ3) is 4.24. The van der Waals surface area contributed by atoms with Crippen LogP contribution in [0.1, 0.15) is 5.56 Å². The molecular weight excluding hydrogens is 400 g/mol. The van der Waals surface area contributed by atoms with Crippen LogP contribution < -0.4 is 15.1 Å². The smallest absolute Gasteiger partial charge is 0.251 e. The number of aryl methyl sites for hydroxylation is 1. The Hall–Kier alpha value is -3.10. The van der Waals surface area contributed by atoms with Crippen molar-refractivity contribution in [3.63, 3.8) is 0 Å². The van der Waals surface area contributed by atoms with E-state index in [1.165, 1.54) is 11.1 Å². The van der Waals surface area contributed by atoms with E-state index < -0.39 is 17.7 Å². The Labute approximate surface area is 180 Å². The Bertz CT molecular complexity index is 982. The number of morpholine rings is 1. The number of hydrogen-bond acceptors (Lipinski definition) is 6. The highest BCUT2D eigenvalue weighted by atomic mass is 32.1. The molecule has 2 fully saturated rings. The predicted molar refractivity (Wildman–Crippen MR) is 121 cm³/mol. The minimum atomic E-state index is -1.04. The predicted octanol–water partition coefficient (Wildman–Crippen LogP) is 2.60. The Morgan fingerprint density at radius 2 is 1.67 bits per heavy atom. The van der Waals surface area contributed by atoms with E-state index in [4.69, 9.17) is 17.0 Å². The lowest BCUT2D eigenvalue weighted by molar-refractivity contribution is -0.130. The van der Waals surface area contributed by atoms with Crippen LogP contribution in [0.25, 0.3) is 0 Å². The van der Waals surface area contributed by atoms with Gasteiger partial charge in [0, 0.05) is 25.0 Å². The van der Waals surface area contributed by atoms with Crippen molar-refractivity contribution in [1.29, 1.82) is 0 Å². The van der Waals surface area contributed by atoms with Crippen LogP contribution in [-0.4, -0.2) is 49.4 Å². The van der Waals surface area contributed by atoms with Crippen molar-refractivity contribution in [2.24, 2.45) is 10.9 Å². The van der Waals surface area contributed by atoms with Crippen molar-refractivity contribution < 1.29 is 14.3 Å². The summed E-state index contributed by atoms with van der Waals surface area (Å²) in [7, 11) is 0. The van der Waals surface area contributed by atoms with Gasteiger partial charge in [-0.1, -0.05) is 17.7 Å². The largest absolute Gasteiger partial charge is 0.378 e. The van der Waals surface area contributed by atoms with Crippen LogP contribution >= 0.6 is 12.2 Å². The average Bonchev–Trinajstić information content (AvgIpc) is 2.76. The summed E-state index contributed by atoms with van der Waals surface area (Å²) in [6.07, 6.45) is 1.38. The average molecular weight is 423 g/mol. The highest BCUT2D eigenvalue weighted by Gasteiger charge is 2.38. The van der Waals surface area contributed by atoms with Crippen molar-refractivity contribution in [3.05, 3.63) is 54.1 Å². The second kappa shape index (κ2) is 8.73. The van der Waals surface area contributed by atoms with E-state index in [0.717, 1.165) is 37.6 Å². The molecule has 2 saturated heterocycles. The number of amides is 2. The van der Waals surface area contributed by atoms with Gasteiger partial charge in [-0.25, -0.2) is 0 Å². The summed E-state index contributed by atoms with van der Waals surface area (Å²) in [6, 6.07) is 15.1. The number of nitrogens with one attached hydrogen (secondary N) is 1. The minimum absolute atomic E-state index is 0.0772. The summed E-state index contributed by atoms with van der Waals surface area (Å²) in [5.74, 6) is -1.93. The van der Waals surface area contributed by atoms with Crippen LogP contribution in [0.15, 0.2) is 53.5 Å². The van der Waals surface area contributed by atoms with Crippen molar-refractivity contribution in [1.82, 2.24) is 5.32 Å². The highest BCUT2D eigenvalue weighted by Crippen LogP contribution is 2.23. The summed E-state index contributed by atoms with van der Waals surface area (Å²) in [4.78, 5) is 33.3. The Morgan fingerprint density at radius 3 is 2.33 bits per heavy atom. The van der Waals surface area contributed by atoms with Gasteiger partial charge >= 0.3 is 0 Å². The molecule has 2 amide bonds. The molecule has 0 radical (unpaired) electrons. The topological polar surface area (TPSA) is 74.2 Å². The monoisotopic (exact) mass is 422 g/mol. The molecule has 2 aliphatic rings. The quantitative estimate of drug-likeness (QED) is 0.466. The van der Waals surface area contributed by atoms with Crippen molar-refractivity contribution in [2.75, 3.05) is 36.1 Å². The van der Waals surface area contributed by atoms with Crippen LogP contribution in [0, 0.1) is 12.8 Å². The van der Waals surface area contributed by atoms with E-state index in [-0.39, 0.29) is 5.11 Å². The number of nitrogens with zero attached hydrogens (tertiary/aromatic N) is 3. The molecule has 0 saturated carbocycles. The molecular formula is C22H22N4O3S. The van der Waals surface area contributed by atoms with Gasteiger partial charge in [0.15, 0.2) is 11.0 Å². The first-order valence-corrected chi connectivity index (χ1v) is 10.2. The van der Waals surface area contributed by atoms with Gasteiger partial charge in [0.2, 0.25) is 5.91 Å². The zero-order chi connectivity index (χ0) is 21.1. The van der Waals surface area contributed by atoms with Crippen molar-refractivity contribution in [3.8, 4) is 0 Å². The number of thiocarbonyl (C=S) groups is 1. The Kier molecular flexibility index (Phi) is 5.87. The number of carbonyl (C=O) groups excluding carboxylic acids is 2. The first-order valence-electron chi connectivity index (χ1n) is 9.75. The third-order valence-corrected chi connectivity index (χ3v) is 5.38. The molecule has 1 N–H and O–H groups in total. The molecule has 2 aromatic carbocycles. The highest BCUT2D eigenvalue weighted by molar-refractivity contribution is 7.80. The lowest BCUT2D eigenvalue weighted by atomic mass is 10.1. The standard InChI is InChI=1S/C22H22N4O3S/c1-15-2-6-18(7-3-15)26-21(28)19(20(27)24-22(26)30)14-23-16-4-8-17(9-5-16)25-10-12-29-13-11-25/h2-9,14,19H,10-13H2,1H3,(H,24,27,30)/t19-/m0/s1. The van der Waals surface area contributed by atoms with Gasteiger partial charge in [-0.2, -0.15) is 0 Å². The van der Waals surface area contributed by atoms with E-state index in [9.17, 15) is 9.59 Å². The molecule has 0 bridgehead atoms. The van der Waals surface area contributed by atoms with E-state index in [1.54, 1.807) is 12.1 Å². The molecule has 0 spiro atoms. The normalized spacial score (nSPS) is 20.0. The van der Waals surface area contributed by atoms with Gasteiger partial charge in [0.1, 0.15) is 0 Å². The fraction of sp³-hybridized carbons (Fsp3) is 0.273. The summed E-state index contributed by atoms with van der Waals surface area (Å²) in [5.41, 5.74) is 3.45. The fourth-order valence-electron chi connectivity index (χ4n) is 3.39. The zero-order valence-electron chi connectivity index (χ0n) is 16.6. The van der Waals surface area contributed by atoms with Gasteiger partial charge in [0.25, 0.3) is 5.91 Å². The van der Waals surface area contributed by atoms with E-state index in [0.29, 0.717) is 11.4 Å². The molecule has 0 aliphatic carbocycles. The van der Waals surface area contributed by atoms with Crippen LogP contribution in [0.3, 0.4) is 0 Å². The molecule has 4 rings (SSSR count). The molecule has 1 atom stereocenters. The van der Waals surface area contributed by atoms with E-state index in [2.05, 4.69) is 15.2 Å². The number of benzene rings is 2. The molecule has 8 heteroatoms. The maximum absolute atomic E-state index is 13.0. The first kappa shape index (κ1) is 20.2. The molecule has 154 valence electrons. The van der Waals surface area contributed by atoms with Crippen molar-refractivity contribution in [2.45, 2.75) is 6.92 Å². The van der Waals surface area contributed by atoms with Crippen LogP contribution in [0.5, 0.6) is 0 Å². The summed E-state index contributed by atoms with van der Waals surface area (Å²) >= 11 is 5.22. The van der Waals surface area contributed by atoms with Gasteiger partial charge in [0.05, 0.1) is 24.6 Å². The summed E-state index contributed by atoms with van der Waals surface area (Å²) < 4.78 is 5.38. The number of ether oxygens (including phenoxy) is 1. The lowest BCUT2D eigenvalue weighted by Gasteiger charge is -2.31. The number of anilines is 2. The SMILES string of the molecule is Cc1ccc(N2C(=O)[C@@H](C=Nc3ccc(N4CCOCC4)cc3)C(=O)NC2=S)cc1. The lowest BCUT2D eigenvalue weighted by Crippen LogP contribution is -2.58. The van der Waals surface area contributed by atoms with Crippen LogP contribution in [0.4, 0.5) is 17.1 Å². The zero-order valence-corrected chi connectivity index (χ0v) is 17.4. The molecule has 2 aromatic rings. The molecule has 30 heavy (non-hydrogen) atoms. The summed E-state index contributed by atoms with van der Waals surface area (Å²) in [6.45, 7) is 5.11. The molecule has 2 heterocycles. The Morgan fingerprint density at radius 1 is 1.03 bits per heavy atom. The van der Waals surface area contributed by atoms with Gasteiger partial charge in [-0.05, 0) is 55.5 Å². The van der Waals surface area contributed by atoms with Crippen LogP contribution in [-0.2, 0) is 14.3 Å². The maximum Gasteiger partial charge on any atom is 0.251 e. The first-order chi connectivity index (χ1) is 14.5. The van der Waals surface area contributed by atoms with Gasteiger partial charge in [-0.3, -0.25) is 19.5 Å². The van der Waals surface area contributed by atoms with Crippen molar-refractivity contribution >= 4 is 52.4 Å². The van der Waals surface area contributed by atoms with Crippen LogP contribution in [0.2, 0.25) is 0 Å².